The molecule has 2 aromatic rings. The van der Waals surface area contributed by atoms with E-state index in [-0.39, 0.29) is 12.6 Å². The van der Waals surface area contributed by atoms with Crippen LogP contribution in [0, 0.1) is 5.41 Å². The molecule has 34 heavy (non-hydrogen) atoms. The third kappa shape index (κ3) is 5.56. The number of carboxylic acids is 1. The lowest BCUT2D eigenvalue weighted by atomic mass is 9.74. The number of aromatic nitrogens is 2. The zero-order chi connectivity index (χ0) is 24.9. The molecule has 3 rings (SSSR count). The number of piperidine rings is 1. The number of carbonyl (C=O) groups is 2. The minimum Gasteiger partial charge on any atom is -0.495 e. The van der Waals surface area contributed by atoms with Crippen molar-refractivity contribution >= 4 is 23.5 Å². The number of hydrogen-bond acceptors (Lipinski definition) is 8. The van der Waals surface area contributed by atoms with Crippen LogP contribution in [0.2, 0.25) is 0 Å². The molecule has 1 atom stereocenters. The van der Waals surface area contributed by atoms with E-state index in [0.29, 0.717) is 17.3 Å². The smallest absolute Gasteiger partial charge is 0.326 e. The number of methoxy groups -OCH3 is 1. The SMILES string of the molecule is COc1cc(C(=O)NC[C@](N)(C(=O)O)C(C)(C)C)ccc1N1CCC(Nc2ncccn2)CC1. The highest BCUT2D eigenvalue weighted by Crippen LogP contribution is 2.32. The first kappa shape index (κ1) is 25.2. The van der Waals surface area contributed by atoms with Gasteiger partial charge in [0.2, 0.25) is 5.95 Å². The number of anilines is 2. The van der Waals surface area contributed by atoms with Gasteiger partial charge in [0.25, 0.3) is 5.91 Å². The monoisotopic (exact) mass is 470 g/mol. The average Bonchev–Trinajstić information content (AvgIpc) is 2.82. The minimum atomic E-state index is -1.60. The molecule has 2 heterocycles. The minimum absolute atomic E-state index is 0.194. The molecule has 0 spiro atoms. The van der Waals surface area contributed by atoms with Crippen LogP contribution in [-0.4, -0.2) is 65.3 Å². The largest absolute Gasteiger partial charge is 0.495 e. The van der Waals surface area contributed by atoms with Crippen molar-refractivity contribution in [2.75, 3.05) is 37.0 Å². The summed E-state index contributed by atoms with van der Waals surface area (Å²) >= 11 is 0. The predicted molar refractivity (Wildman–Crippen MR) is 130 cm³/mol. The molecule has 0 aliphatic carbocycles. The molecule has 0 radical (unpaired) electrons. The van der Waals surface area contributed by atoms with Gasteiger partial charge >= 0.3 is 5.97 Å². The Kier molecular flexibility index (Phi) is 7.61. The van der Waals surface area contributed by atoms with Crippen LogP contribution in [0.15, 0.2) is 36.7 Å². The van der Waals surface area contributed by atoms with Gasteiger partial charge in [0.1, 0.15) is 11.3 Å². The summed E-state index contributed by atoms with van der Waals surface area (Å²) in [6.45, 7) is 6.63. The second-order valence-electron chi connectivity index (χ2n) is 9.57. The van der Waals surface area contributed by atoms with Gasteiger partial charge in [-0.15, -0.1) is 0 Å². The number of ether oxygens (including phenoxy) is 1. The fourth-order valence-electron chi connectivity index (χ4n) is 3.88. The molecule has 10 heteroatoms. The molecule has 1 saturated heterocycles. The van der Waals surface area contributed by atoms with Crippen molar-refractivity contribution in [1.82, 2.24) is 15.3 Å². The number of nitrogens with zero attached hydrogens (tertiary/aromatic N) is 3. The molecular weight excluding hydrogens is 436 g/mol. The van der Waals surface area contributed by atoms with E-state index >= 15 is 0 Å². The summed E-state index contributed by atoms with van der Waals surface area (Å²) in [5.41, 5.74) is 5.05. The lowest BCUT2D eigenvalue weighted by Crippen LogP contribution is -2.63. The number of benzene rings is 1. The van der Waals surface area contributed by atoms with E-state index in [1.165, 1.54) is 0 Å². The Labute approximate surface area is 199 Å². The second-order valence-corrected chi connectivity index (χ2v) is 9.57. The summed E-state index contributed by atoms with van der Waals surface area (Å²) in [5.74, 6) is -0.357. The summed E-state index contributed by atoms with van der Waals surface area (Å²) < 4.78 is 5.57. The van der Waals surface area contributed by atoms with Gasteiger partial charge in [-0.1, -0.05) is 20.8 Å². The van der Waals surface area contributed by atoms with Crippen LogP contribution >= 0.6 is 0 Å². The van der Waals surface area contributed by atoms with Gasteiger partial charge in [-0.3, -0.25) is 9.59 Å². The van der Waals surface area contributed by atoms with Crippen molar-refractivity contribution in [3.63, 3.8) is 0 Å². The summed E-state index contributed by atoms with van der Waals surface area (Å²) in [6, 6.07) is 7.31. The number of hydrogen-bond donors (Lipinski definition) is 4. The number of nitrogens with two attached hydrogens (primary N) is 1. The Morgan fingerprint density at radius 2 is 1.85 bits per heavy atom. The molecule has 1 amide bonds. The van der Waals surface area contributed by atoms with Crippen LogP contribution in [0.1, 0.15) is 44.0 Å². The van der Waals surface area contributed by atoms with E-state index in [9.17, 15) is 14.7 Å². The first-order chi connectivity index (χ1) is 16.0. The highest BCUT2D eigenvalue weighted by molar-refractivity contribution is 5.96. The predicted octanol–water partition coefficient (Wildman–Crippen LogP) is 2.12. The van der Waals surface area contributed by atoms with Crippen molar-refractivity contribution in [1.29, 1.82) is 0 Å². The van der Waals surface area contributed by atoms with Gasteiger partial charge in [0.15, 0.2) is 0 Å². The zero-order valence-corrected chi connectivity index (χ0v) is 20.2. The van der Waals surface area contributed by atoms with Gasteiger partial charge in [0.05, 0.1) is 12.8 Å². The first-order valence-corrected chi connectivity index (χ1v) is 11.3. The lowest BCUT2D eigenvalue weighted by Gasteiger charge is -2.37. The van der Waals surface area contributed by atoms with E-state index < -0.39 is 22.8 Å². The Morgan fingerprint density at radius 1 is 1.21 bits per heavy atom. The van der Waals surface area contributed by atoms with Crippen LogP contribution in [0.4, 0.5) is 11.6 Å². The quantitative estimate of drug-likeness (QED) is 0.456. The molecule has 1 aliphatic heterocycles. The average molecular weight is 471 g/mol. The van der Waals surface area contributed by atoms with Crippen LogP contribution in [0.25, 0.3) is 0 Å². The van der Waals surface area contributed by atoms with E-state index in [1.54, 1.807) is 58.5 Å². The maximum atomic E-state index is 12.8. The van der Waals surface area contributed by atoms with E-state index in [2.05, 4.69) is 25.5 Å². The summed E-state index contributed by atoms with van der Waals surface area (Å²) in [6.07, 6.45) is 5.24. The fraction of sp³-hybridized carbons (Fsp3) is 0.500. The molecule has 10 nitrogen and oxygen atoms in total. The zero-order valence-electron chi connectivity index (χ0n) is 20.2. The maximum absolute atomic E-state index is 12.8. The number of nitrogens with one attached hydrogen (secondary N) is 2. The van der Waals surface area contributed by atoms with Gasteiger partial charge in [0, 0.05) is 43.6 Å². The molecule has 0 saturated carbocycles. The van der Waals surface area contributed by atoms with Crippen molar-refractivity contribution < 1.29 is 19.4 Å². The van der Waals surface area contributed by atoms with Crippen molar-refractivity contribution in [2.24, 2.45) is 11.1 Å². The third-order valence-electron chi connectivity index (χ3n) is 6.42. The standard InChI is InChI=1S/C24H34N6O4/c1-23(2,3)24(25,21(32)33)15-28-20(31)16-6-7-18(19(14-16)34-4)30-12-8-17(9-13-30)29-22-26-10-5-11-27-22/h5-7,10-11,14,17H,8-9,12-13,15,25H2,1-4H3,(H,28,31)(H,32,33)(H,26,27,29)/t24-/m0/s1. The molecule has 1 aliphatic rings. The van der Waals surface area contributed by atoms with E-state index in [4.69, 9.17) is 10.5 Å². The van der Waals surface area contributed by atoms with Crippen molar-refractivity contribution in [3.05, 3.63) is 42.2 Å². The molecule has 1 aromatic heterocycles. The molecule has 5 N–H and O–H groups in total. The third-order valence-corrected chi connectivity index (χ3v) is 6.42. The second kappa shape index (κ2) is 10.3. The number of rotatable bonds is 8. The highest BCUT2D eigenvalue weighted by atomic mass is 16.5. The maximum Gasteiger partial charge on any atom is 0.326 e. The Balaban J connectivity index is 1.64. The topological polar surface area (TPSA) is 143 Å². The Hall–Kier alpha value is -3.40. The molecule has 1 aromatic carbocycles. The molecule has 1 fully saturated rings. The summed E-state index contributed by atoms with van der Waals surface area (Å²) in [5, 5.41) is 15.6. The van der Waals surface area contributed by atoms with Gasteiger partial charge in [-0.25, -0.2) is 9.97 Å². The summed E-state index contributed by atoms with van der Waals surface area (Å²) in [4.78, 5) is 35.2. The molecule has 0 unspecified atom stereocenters. The number of carboxylic acid groups (broad SMARTS) is 1. The fourth-order valence-corrected chi connectivity index (χ4v) is 3.88. The number of amides is 1. The highest BCUT2D eigenvalue weighted by Gasteiger charge is 2.45. The normalized spacial score (nSPS) is 16.4. The lowest BCUT2D eigenvalue weighted by molar-refractivity contribution is -0.147. The van der Waals surface area contributed by atoms with Crippen molar-refractivity contribution in [3.8, 4) is 5.75 Å². The molecular formula is C24H34N6O4. The van der Waals surface area contributed by atoms with Crippen LogP contribution < -0.4 is 26.0 Å². The Bertz CT molecular complexity index is 1000. The number of carbonyl (C=O) groups excluding carboxylic acids is 1. The van der Waals surface area contributed by atoms with Crippen LogP contribution in [0.5, 0.6) is 5.75 Å². The summed E-state index contributed by atoms with van der Waals surface area (Å²) in [7, 11) is 1.57. The van der Waals surface area contributed by atoms with Gasteiger partial charge in [-0.05, 0) is 42.5 Å². The van der Waals surface area contributed by atoms with Gasteiger partial charge < -0.3 is 31.1 Å². The Morgan fingerprint density at radius 3 is 2.41 bits per heavy atom. The van der Waals surface area contributed by atoms with Crippen molar-refractivity contribution in [2.45, 2.75) is 45.2 Å². The molecule has 184 valence electrons. The number of aliphatic carboxylic acids is 1. The first-order valence-electron chi connectivity index (χ1n) is 11.3. The van der Waals surface area contributed by atoms with Gasteiger partial charge in [-0.2, -0.15) is 0 Å². The molecule has 0 bridgehead atoms. The van der Waals surface area contributed by atoms with Crippen LogP contribution in [0.3, 0.4) is 0 Å². The van der Waals surface area contributed by atoms with Crippen LogP contribution in [-0.2, 0) is 4.79 Å². The van der Waals surface area contributed by atoms with E-state index in [0.717, 1.165) is 31.6 Å². The van der Waals surface area contributed by atoms with E-state index in [1.807, 2.05) is 6.07 Å².